The zero-order chi connectivity index (χ0) is 11.5. The van der Waals surface area contributed by atoms with E-state index in [-0.39, 0.29) is 11.3 Å². The number of rotatable bonds is 5. The lowest BCUT2D eigenvalue weighted by Gasteiger charge is -2.17. The molecular formula is C11H19N3O. The van der Waals surface area contributed by atoms with Crippen LogP contribution in [0, 0.1) is 0 Å². The van der Waals surface area contributed by atoms with Crippen LogP contribution in [0.3, 0.4) is 0 Å². The average molecular weight is 209 g/mol. The largest absolute Gasteiger partial charge is 0.326 e. The highest BCUT2D eigenvalue weighted by Crippen LogP contribution is 2.11. The monoisotopic (exact) mass is 209 g/mol. The van der Waals surface area contributed by atoms with E-state index in [1.807, 2.05) is 20.8 Å². The molecule has 0 amide bonds. The third-order valence-electron chi connectivity index (χ3n) is 2.30. The summed E-state index contributed by atoms with van der Waals surface area (Å²) in [4.78, 5) is 11.8. The smallest absolute Gasteiger partial charge is 0.180 e. The van der Waals surface area contributed by atoms with E-state index in [4.69, 9.17) is 5.73 Å². The van der Waals surface area contributed by atoms with Gasteiger partial charge in [0.25, 0.3) is 0 Å². The van der Waals surface area contributed by atoms with E-state index in [1.54, 1.807) is 16.9 Å². The number of carbonyl (C=O) groups excluding carboxylic acids is 1. The minimum absolute atomic E-state index is 0.118. The number of Topliss-reactive ketones (excluding diaryl/α,β-unsaturated/α-hetero) is 1. The quantitative estimate of drug-likeness (QED) is 0.749. The van der Waals surface area contributed by atoms with E-state index >= 15 is 0 Å². The van der Waals surface area contributed by atoms with E-state index in [0.717, 1.165) is 6.54 Å². The van der Waals surface area contributed by atoms with Crippen LogP contribution in [-0.2, 0) is 6.54 Å². The molecule has 0 saturated heterocycles. The van der Waals surface area contributed by atoms with Crippen molar-refractivity contribution in [3.63, 3.8) is 0 Å². The Morgan fingerprint density at radius 1 is 1.60 bits per heavy atom. The SMILES string of the molecule is CCn1nccc1C(=O)CCC(C)(C)N. The van der Waals surface area contributed by atoms with Crippen molar-refractivity contribution >= 4 is 5.78 Å². The molecule has 1 aromatic heterocycles. The molecule has 4 nitrogen and oxygen atoms in total. The zero-order valence-electron chi connectivity index (χ0n) is 9.66. The lowest BCUT2D eigenvalue weighted by molar-refractivity contribution is 0.0962. The van der Waals surface area contributed by atoms with Crippen molar-refractivity contribution in [2.45, 2.75) is 45.7 Å². The molecule has 84 valence electrons. The van der Waals surface area contributed by atoms with Gasteiger partial charge in [-0.05, 0) is 33.3 Å². The van der Waals surface area contributed by atoms with Crippen molar-refractivity contribution in [2.24, 2.45) is 5.73 Å². The second-order valence-corrected chi connectivity index (χ2v) is 4.44. The highest BCUT2D eigenvalue weighted by Gasteiger charge is 2.16. The van der Waals surface area contributed by atoms with E-state index < -0.39 is 0 Å². The van der Waals surface area contributed by atoms with Crippen LogP contribution in [0.25, 0.3) is 0 Å². The van der Waals surface area contributed by atoms with Gasteiger partial charge >= 0.3 is 0 Å². The molecule has 1 heterocycles. The molecule has 0 aromatic carbocycles. The number of ketones is 1. The number of nitrogens with two attached hydrogens (primary N) is 1. The molecule has 1 aromatic rings. The lowest BCUT2D eigenvalue weighted by Crippen LogP contribution is -2.32. The van der Waals surface area contributed by atoms with Gasteiger partial charge in [-0.15, -0.1) is 0 Å². The summed E-state index contributed by atoms with van der Waals surface area (Å²) in [6.07, 6.45) is 2.83. The fourth-order valence-electron chi connectivity index (χ4n) is 1.39. The molecule has 0 saturated carbocycles. The molecule has 0 aliphatic heterocycles. The van der Waals surface area contributed by atoms with Gasteiger partial charge in [-0.3, -0.25) is 9.48 Å². The Balaban J connectivity index is 2.62. The number of nitrogens with zero attached hydrogens (tertiary/aromatic N) is 2. The van der Waals surface area contributed by atoms with E-state index in [9.17, 15) is 4.79 Å². The van der Waals surface area contributed by atoms with Crippen LogP contribution in [0.2, 0.25) is 0 Å². The van der Waals surface area contributed by atoms with Crippen molar-refractivity contribution in [3.05, 3.63) is 18.0 Å². The maximum Gasteiger partial charge on any atom is 0.180 e. The first-order valence-electron chi connectivity index (χ1n) is 5.28. The summed E-state index contributed by atoms with van der Waals surface area (Å²) in [7, 11) is 0. The number of aryl methyl sites for hydroxylation is 1. The van der Waals surface area contributed by atoms with Gasteiger partial charge in [-0.1, -0.05) is 0 Å². The first-order valence-corrected chi connectivity index (χ1v) is 5.28. The van der Waals surface area contributed by atoms with Crippen LogP contribution < -0.4 is 5.73 Å². The first-order chi connectivity index (χ1) is 6.94. The Bertz CT molecular complexity index is 336. The highest BCUT2D eigenvalue weighted by molar-refractivity contribution is 5.94. The molecule has 0 radical (unpaired) electrons. The van der Waals surface area contributed by atoms with E-state index in [0.29, 0.717) is 18.5 Å². The van der Waals surface area contributed by atoms with Gasteiger partial charge < -0.3 is 5.73 Å². The van der Waals surface area contributed by atoms with E-state index in [2.05, 4.69) is 5.10 Å². The summed E-state index contributed by atoms with van der Waals surface area (Å²) in [6.45, 7) is 6.55. The Kier molecular flexibility index (Phi) is 3.63. The van der Waals surface area contributed by atoms with Gasteiger partial charge in [-0.25, -0.2) is 0 Å². The zero-order valence-corrected chi connectivity index (χ0v) is 9.66. The molecule has 0 bridgehead atoms. The second-order valence-electron chi connectivity index (χ2n) is 4.44. The van der Waals surface area contributed by atoms with Crippen LogP contribution in [-0.4, -0.2) is 21.1 Å². The summed E-state index contributed by atoms with van der Waals surface area (Å²) < 4.78 is 1.71. The first kappa shape index (κ1) is 11.9. The summed E-state index contributed by atoms with van der Waals surface area (Å²) in [5.74, 6) is 0.118. The molecule has 15 heavy (non-hydrogen) atoms. The van der Waals surface area contributed by atoms with E-state index in [1.165, 1.54) is 0 Å². The Morgan fingerprint density at radius 2 is 2.27 bits per heavy atom. The molecule has 0 atom stereocenters. The van der Waals surface area contributed by atoms with Gasteiger partial charge in [0.05, 0.1) is 0 Å². The third-order valence-corrected chi connectivity index (χ3v) is 2.30. The van der Waals surface area contributed by atoms with Crippen molar-refractivity contribution in [2.75, 3.05) is 0 Å². The fraction of sp³-hybridized carbons (Fsp3) is 0.636. The molecule has 2 N–H and O–H groups in total. The van der Waals surface area contributed by atoms with Crippen molar-refractivity contribution in [1.29, 1.82) is 0 Å². The van der Waals surface area contributed by atoms with Gasteiger partial charge in [0.15, 0.2) is 5.78 Å². The molecule has 4 heteroatoms. The maximum atomic E-state index is 11.8. The Hall–Kier alpha value is -1.16. The number of hydrogen-bond acceptors (Lipinski definition) is 3. The van der Waals surface area contributed by atoms with Crippen LogP contribution in [0.1, 0.15) is 44.1 Å². The molecule has 0 aliphatic carbocycles. The molecular weight excluding hydrogens is 190 g/mol. The van der Waals surface area contributed by atoms with Crippen LogP contribution in [0.5, 0.6) is 0 Å². The minimum Gasteiger partial charge on any atom is -0.326 e. The second kappa shape index (κ2) is 4.57. The van der Waals surface area contributed by atoms with Gasteiger partial charge in [0.1, 0.15) is 5.69 Å². The van der Waals surface area contributed by atoms with Crippen molar-refractivity contribution < 1.29 is 4.79 Å². The molecule has 0 unspecified atom stereocenters. The topological polar surface area (TPSA) is 60.9 Å². The van der Waals surface area contributed by atoms with Gasteiger partial charge in [0, 0.05) is 24.7 Å². The van der Waals surface area contributed by atoms with Crippen LogP contribution in [0.4, 0.5) is 0 Å². The van der Waals surface area contributed by atoms with Crippen molar-refractivity contribution in [1.82, 2.24) is 9.78 Å². The van der Waals surface area contributed by atoms with Crippen LogP contribution >= 0.6 is 0 Å². The fourth-order valence-corrected chi connectivity index (χ4v) is 1.39. The molecule has 0 aliphatic rings. The normalized spacial score (nSPS) is 11.7. The van der Waals surface area contributed by atoms with Crippen molar-refractivity contribution in [3.8, 4) is 0 Å². The highest BCUT2D eigenvalue weighted by atomic mass is 16.1. The Morgan fingerprint density at radius 3 is 2.80 bits per heavy atom. The third kappa shape index (κ3) is 3.47. The van der Waals surface area contributed by atoms with Crippen LogP contribution in [0.15, 0.2) is 12.3 Å². The predicted octanol–water partition coefficient (Wildman–Crippen LogP) is 1.60. The maximum absolute atomic E-state index is 11.8. The minimum atomic E-state index is -0.285. The summed E-state index contributed by atoms with van der Waals surface area (Å²) >= 11 is 0. The number of carbonyl (C=O) groups is 1. The predicted molar refractivity (Wildman–Crippen MR) is 59.7 cm³/mol. The summed E-state index contributed by atoms with van der Waals surface area (Å²) in [5, 5.41) is 4.06. The Labute approximate surface area is 90.5 Å². The standard InChI is InChI=1S/C11H19N3O/c1-4-14-9(6-8-13-14)10(15)5-7-11(2,3)12/h6,8H,4-5,7,12H2,1-3H3. The molecule has 0 spiro atoms. The van der Waals surface area contributed by atoms with Gasteiger partial charge in [-0.2, -0.15) is 5.10 Å². The molecule has 1 rings (SSSR count). The summed E-state index contributed by atoms with van der Waals surface area (Å²) in [5.41, 5.74) is 6.23. The lowest BCUT2D eigenvalue weighted by atomic mass is 9.97. The van der Waals surface area contributed by atoms with Gasteiger partial charge in [0.2, 0.25) is 0 Å². The summed E-state index contributed by atoms with van der Waals surface area (Å²) in [6, 6.07) is 1.76. The molecule has 0 fully saturated rings. The average Bonchev–Trinajstić information content (AvgIpc) is 2.60. The number of hydrogen-bond donors (Lipinski definition) is 1. The number of aromatic nitrogens is 2.